The molecule has 1 amide bonds. The van der Waals surface area contributed by atoms with E-state index in [4.69, 9.17) is 18.5 Å². The van der Waals surface area contributed by atoms with Crippen molar-refractivity contribution in [3.63, 3.8) is 0 Å². The van der Waals surface area contributed by atoms with Gasteiger partial charge in [-0.15, -0.1) is 0 Å². The van der Waals surface area contributed by atoms with Crippen LogP contribution in [0, 0.1) is 5.82 Å². The molecule has 4 rings (SSSR count). The maximum atomic E-state index is 14.5. The molecule has 0 N–H and O–H groups in total. The van der Waals surface area contributed by atoms with Gasteiger partial charge in [0.2, 0.25) is 0 Å². The first kappa shape index (κ1) is 27.9. The molecule has 1 aromatic carbocycles. The van der Waals surface area contributed by atoms with Crippen molar-refractivity contribution in [3.8, 4) is 5.75 Å². The number of benzene rings is 1. The van der Waals surface area contributed by atoms with E-state index in [1.54, 1.807) is 21.7 Å². The fraction of sp³-hybridized carbons (Fsp3) is 0.593. The summed E-state index contributed by atoms with van der Waals surface area (Å²) in [5.74, 6) is -0.0115. The summed E-state index contributed by atoms with van der Waals surface area (Å²) in [6.07, 6.45) is 1.79. The van der Waals surface area contributed by atoms with Gasteiger partial charge < -0.3 is 23.4 Å². The largest absolute Gasteiger partial charge is 0.497 e. The van der Waals surface area contributed by atoms with Crippen LogP contribution in [0.15, 0.2) is 30.5 Å². The van der Waals surface area contributed by atoms with Crippen LogP contribution in [0.3, 0.4) is 0 Å². The van der Waals surface area contributed by atoms with Crippen LogP contribution >= 0.6 is 0 Å². The van der Waals surface area contributed by atoms with Crippen molar-refractivity contribution in [2.24, 2.45) is 0 Å². The maximum Gasteiger partial charge on any atom is 0.496 e. The number of ether oxygens (including phenoxy) is 1. The van der Waals surface area contributed by atoms with E-state index in [9.17, 15) is 9.18 Å². The number of halogens is 1. The molecular formula is C27H40BFN2O5Si. The molecule has 1 unspecified atom stereocenters. The number of carbonyl (C=O) groups is 1. The molecule has 10 heteroatoms. The van der Waals surface area contributed by atoms with E-state index < -0.39 is 38.5 Å². The van der Waals surface area contributed by atoms with Crippen LogP contribution in [0.4, 0.5) is 9.18 Å². The van der Waals surface area contributed by atoms with Crippen LogP contribution in [-0.2, 0) is 20.3 Å². The molecule has 2 aliphatic rings. The normalized spacial score (nSPS) is 19.9. The second-order valence-electron chi connectivity index (χ2n) is 12.6. The van der Waals surface area contributed by atoms with E-state index in [0.29, 0.717) is 17.9 Å². The monoisotopic (exact) mass is 530 g/mol. The summed E-state index contributed by atoms with van der Waals surface area (Å²) in [5, 5.41) is -0.00476. The SMILES string of the molecule is COc1cc(F)cc(C(CO[Si](C)(C)C(C)(C)C)N2Cc3cc(B4OC(C)(C)C(C)(C)O4)cn3C2=O)c1. The highest BCUT2D eigenvalue weighted by Crippen LogP contribution is 2.40. The van der Waals surface area contributed by atoms with Crippen molar-refractivity contribution in [1.29, 1.82) is 0 Å². The number of aromatic nitrogens is 1. The van der Waals surface area contributed by atoms with Gasteiger partial charge in [0.1, 0.15) is 11.6 Å². The Morgan fingerprint density at radius 2 is 1.73 bits per heavy atom. The fourth-order valence-corrected chi connectivity index (χ4v) is 5.34. The van der Waals surface area contributed by atoms with Gasteiger partial charge in [0.25, 0.3) is 0 Å². The molecule has 2 aromatic rings. The van der Waals surface area contributed by atoms with Crippen molar-refractivity contribution >= 4 is 26.9 Å². The lowest BCUT2D eigenvalue weighted by atomic mass is 9.81. The lowest BCUT2D eigenvalue weighted by Crippen LogP contribution is -2.44. The summed E-state index contributed by atoms with van der Waals surface area (Å²) < 4.78 is 40.4. The minimum Gasteiger partial charge on any atom is -0.497 e. The van der Waals surface area contributed by atoms with Crippen molar-refractivity contribution in [2.75, 3.05) is 13.7 Å². The van der Waals surface area contributed by atoms with Gasteiger partial charge in [-0.25, -0.2) is 9.18 Å². The van der Waals surface area contributed by atoms with E-state index in [1.165, 1.54) is 19.2 Å². The zero-order valence-corrected chi connectivity index (χ0v) is 24.8. The van der Waals surface area contributed by atoms with Gasteiger partial charge in [-0.1, -0.05) is 20.8 Å². The van der Waals surface area contributed by atoms with E-state index in [1.807, 2.05) is 33.8 Å². The van der Waals surface area contributed by atoms with Crippen LogP contribution < -0.4 is 10.2 Å². The Morgan fingerprint density at radius 3 is 2.27 bits per heavy atom. The third-order valence-electron chi connectivity index (χ3n) is 8.53. The summed E-state index contributed by atoms with van der Waals surface area (Å²) in [4.78, 5) is 15.4. The molecule has 1 atom stereocenters. The van der Waals surface area contributed by atoms with Gasteiger partial charge >= 0.3 is 13.1 Å². The quantitative estimate of drug-likeness (QED) is 0.444. The Morgan fingerprint density at radius 1 is 1.11 bits per heavy atom. The summed E-state index contributed by atoms with van der Waals surface area (Å²) in [7, 11) is -1.17. The number of carbonyl (C=O) groups excluding carboxylic acids is 1. The Bertz CT molecular complexity index is 1170. The van der Waals surface area contributed by atoms with Gasteiger partial charge in [-0.2, -0.15) is 0 Å². The number of rotatable bonds is 7. The van der Waals surface area contributed by atoms with Gasteiger partial charge in [0.15, 0.2) is 8.32 Å². The zero-order valence-electron chi connectivity index (χ0n) is 23.8. The first-order valence-electron chi connectivity index (χ1n) is 12.8. The molecule has 3 heterocycles. The molecule has 0 radical (unpaired) electrons. The fourth-order valence-electron chi connectivity index (χ4n) is 4.33. The minimum absolute atomic E-state index is 0.00476. The average Bonchev–Trinajstić information content (AvgIpc) is 3.38. The van der Waals surface area contributed by atoms with Gasteiger partial charge in [-0.3, -0.25) is 4.57 Å². The van der Waals surface area contributed by atoms with E-state index in [2.05, 4.69) is 33.9 Å². The molecule has 2 aliphatic heterocycles. The van der Waals surface area contributed by atoms with Gasteiger partial charge in [-0.05, 0) is 69.6 Å². The van der Waals surface area contributed by atoms with Gasteiger partial charge in [0.05, 0.1) is 37.5 Å². The van der Waals surface area contributed by atoms with Crippen molar-refractivity contribution < 1.29 is 27.7 Å². The summed E-state index contributed by atoms with van der Waals surface area (Å²) >= 11 is 0. The Kier molecular flexibility index (Phi) is 6.97. The lowest BCUT2D eigenvalue weighted by Gasteiger charge is -2.38. The molecule has 0 saturated carbocycles. The highest BCUT2D eigenvalue weighted by molar-refractivity contribution is 6.74. The number of fused-ring (bicyclic) bond motifs is 1. The molecule has 1 fully saturated rings. The molecule has 1 saturated heterocycles. The molecular weight excluding hydrogens is 490 g/mol. The Balaban J connectivity index is 1.63. The summed E-state index contributed by atoms with van der Waals surface area (Å²) in [5.41, 5.74) is 1.34. The maximum absolute atomic E-state index is 14.5. The van der Waals surface area contributed by atoms with Crippen molar-refractivity contribution in [3.05, 3.63) is 47.5 Å². The van der Waals surface area contributed by atoms with Gasteiger partial charge in [0, 0.05) is 23.4 Å². The number of amides is 1. The number of hydrogen-bond acceptors (Lipinski definition) is 5. The third kappa shape index (κ3) is 5.13. The smallest absolute Gasteiger partial charge is 0.496 e. The van der Waals surface area contributed by atoms with Crippen LogP contribution in [0.25, 0.3) is 0 Å². The first-order valence-corrected chi connectivity index (χ1v) is 15.7. The minimum atomic E-state index is -2.13. The predicted molar refractivity (Wildman–Crippen MR) is 145 cm³/mol. The van der Waals surface area contributed by atoms with E-state index >= 15 is 0 Å². The van der Waals surface area contributed by atoms with Crippen molar-refractivity contribution in [1.82, 2.24) is 9.47 Å². The summed E-state index contributed by atoms with van der Waals surface area (Å²) in [6, 6.07) is 5.86. The second kappa shape index (κ2) is 9.25. The Hall–Kier alpha value is -2.14. The third-order valence-corrected chi connectivity index (χ3v) is 13.0. The van der Waals surface area contributed by atoms with E-state index in [0.717, 1.165) is 11.2 Å². The molecule has 7 nitrogen and oxygen atoms in total. The van der Waals surface area contributed by atoms with Crippen molar-refractivity contribution in [2.45, 2.75) is 90.4 Å². The Labute approximate surface area is 221 Å². The zero-order chi connectivity index (χ0) is 27.6. The van der Waals surface area contributed by atoms with Crippen LogP contribution in [0.5, 0.6) is 5.75 Å². The topological polar surface area (TPSA) is 62.2 Å². The molecule has 0 aliphatic carbocycles. The van der Waals surface area contributed by atoms with Crippen LogP contribution in [0.2, 0.25) is 18.1 Å². The molecule has 202 valence electrons. The predicted octanol–water partition coefficient (Wildman–Crippen LogP) is 5.48. The van der Waals surface area contributed by atoms with E-state index in [-0.39, 0.29) is 17.7 Å². The van der Waals surface area contributed by atoms with Crippen LogP contribution in [-0.4, -0.2) is 55.9 Å². The number of hydrogen-bond donors (Lipinski definition) is 0. The standard InChI is InChI=1S/C27H40BFN2O5Si/c1-25(2,3)37(9,10)34-17-23(18-11-20(29)14-22(12-18)33-8)31-16-21-13-19(15-30(21)24(31)32)28-35-26(4,5)27(6,7)36-28/h11-15,23H,16-17H2,1-10H3. The first-order chi connectivity index (χ1) is 17.0. The number of nitrogens with zero attached hydrogens (tertiary/aromatic N) is 2. The highest BCUT2D eigenvalue weighted by atomic mass is 28.4. The molecule has 0 spiro atoms. The lowest BCUT2D eigenvalue weighted by molar-refractivity contribution is 0.00578. The molecule has 0 bridgehead atoms. The molecule has 37 heavy (non-hydrogen) atoms. The average molecular weight is 531 g/mol. The number of methoxy groups -OCH3 is 1. The highest BCUT2D eigenvalue weighted by Gasteiger charge is 2.52. The molecule has 1 aromatic heterocycles. The van der Waals surface area contributed by atoms with Crippen LogP contribution in [0.1, 0.15) is 65.8 Å². The second-order valence-corrected chi connectivity index (χ2v) is 17.5. The summed E-state index contributed by atoms with van der Waals surface area (Å²) in [6.45, 7) is 19.5.